The molecular formula is C24H25N5O2. The monoisotopic (exact) mass is 415 g/mol. The number of nitrogens with zero attached hydrogens (tertiary/aromatic N) is 4. The molecule has 0 atom stereocenters. The van der Waals surface area contributed by atoms with Crippen LogP contribution in [-0.2, 0) is 13.6 Å². The first-order valence-corrected chi connectivity index (χ1v) is 10.1. The van der Waals surface area contributed by atoms with Gasteiger partial charge in [0.15, 0.2) is 0 Å². The van der Waals surface area contributed by atoms with Gasteiger partial charge in [-0.1, -0.05) is 30.3 Å². The fourth-order valence-corrected chi connectivity index (χ4v) is 3.72. The van der Waals surface area contributed by atoms with Crippen LogP contribution in [0.4, 0.5) is 5.69 Å². The summed E-state index contributed by atoms with van der Waals surface area (Å²) in [5.74, 6) is -0.318. The fraction of sp³-hybridized carbons (Fsp3) is 0.208. The summed E-state index contributed by atoms with van der Waals surface area (Å²) in [6.07, 6.45) is 0. The lowest BCUT2D eigenvalue weighted by Crippen LogP contribution is -2.23. The van der Waals surface area contributed by atoms with Gasteiger partial charge in [0.2, 0.25) is 0 Å². The van der Waals surface area contributed by atoms with E-state index >= 15 is 0 Å². The van der Waals surface area contributed by atoms with Crippen LogP contribution in [0.5, 0.6) is 0 Å². The zero-order chi connectivity index (χ0) is 22.1. The highest BCUT2D eigenvalue weighted by molar-refractivity contribution is 6.04. The predicted octanol–water partition coefficient (Wildman–Crippen LogP) is 3.60. The van der Waals surface area contributed by atoms with E-state index in [-0.39, 0.29) is 17.2 Å². The van der Waals surface area contributed by atoms with Crippen LogP contribution in [0.25, 0.3) is 5.69 Å². The molecule has 1 N–H and O–H groups in total. The lowest BCUT2D eigenvalue weighted by molar-refractivity contribution is 0.102. The molecule has 0 saturated heterocycles. The Kier molecular flexibility index (Phi) is 5.33. The molecular weight excluding hydrogens is 390 g/mol. The second-order valence-corrected chi connectivity index (χ2v) is 7.68. The van der Waals surface area contributed by atoms with Crippen molar-refractivity contribution in [3.05, 3.63) is 99.2 Å². The van der Waals surface area contributed by atoms with E-state index in [4.69, 9.17) is 0 Å². The average Bonchev–Trinajstić information content (AvgIpc) is 3.18. The van der Waals surface area contributed by atoms with E-state index in [1.807, 2.05) is 80.1 Å². The van der Waals surface area contributed by atoms with Crippen molar-refractivity contribution in [3.8, 4) is 5.69 Å². The number of hydrogen-bond donors (Lipinski definition) is 1. The Labute approximate surface area is 180 Å². The maximum absolute atomic E-state index is 13.0. The highest BCUT2D eigenvalue weighted by atomic mass is 16.2. The average molecular weight is 415 g/mol. The molecule has 0 unspecified atom stereocenters. The third-order valence-corrected chi connectivity index (χ3v) is 5.42. The topological polar surface area (TPSA) is 73.8 Å². The van der Waals surface area contributed by atoms with Gasteiger partial charge in [-0.05, 0) is 56.7 Å². The highest BCUT2D eigenvalue weighted by Crippen LogP contribution is 2.16. The largest absolute Gasteiger partial charge is 0.316 e. The standard InChI is InChI=1S/C24H25N5O2/c1-16-13-17(2)28(26-16)15-19-9-8-10-20(14-19)23(30)25-22-18(3)27(4)29(24(22)31)21-11-6-5-7-12-21/h5-14H,15H2,1-4H3,(H,25,30). The lowest BCUT2D eigenvalue weighted by atomic mass is 10.1. The summed E-state index contributed by atoms with van der Waals surface area (Å²) < 4.78 is 5.20. The van der Waals surface area contributed by atoms with Gasteiger partial charge in [0.25, 0.3) is 11.5 Å². The van der Waals surface area contributed by atoms with E-state index in [2.05, 4.69) is 10.4 Å². The maximum Gasteiger partial charge on any atom is 0.295 e. The summed E-state index contributed by atoms with van der Waals surface area (Å²) >= 11 is 0. The van der Waals surface area contributed by atoms with Crippen LogP contribution in [0.15, 0.2) is 65.5 Å². The van der Waals surface area contributed by atoms with Crippen LogP contribution in [0, 0.1) is 20.8 Å². The number of aryl methyl sites for hydroxylation is 2. The van der Waals surface area contributed by atoms with Gasteiger partial charge in [-0.2, -0.15) is 5.10 Å². The molecule has 0 aliphatic carbocycles. The van der Waals surface area contributed by atoms with Crippen molar-refractivity contribution in [2.45, 2.75) is 27.3 Å². The summed E-state index contributed by atoms with van der Waals surface area (Å²) in [6.45, 7) is 6.35. The van der Waals surface area contributed by atoms with Crippen LogP contribution in [0.3, 0.4) is 0 Å². The molecule has 0 aliphatic heterocycles. The van der Waals surface area contributed by atoms with E-state index in [0.717, 1.165) is 22.6 Å². The number of nitrogens with one attached hydrogen (secondary N) is 1. The van der Waals surface area contributed by atoms with Crippen molar-refractivity contribution in [3.63, 3.8) is 0 Å². The van der Waals surface area contributed by atoms with E-state index in [1.165, 1.54) is 0 Å². The first kappa shape index (κ1) is 20.4. The van der Waals surface area contributed by atoms with Gasteiger partial charge < -0.3 is 5.32 Å². The van der Waals surface area contributed by atoms with Crippen molar-refractivity contribution < 1.29 is 4.79 Å². The number of hydrogen-bond acceptors (Lipinski definition) is 3. The minimum absolute atomic E-state index is 0.265. The molecule has 4 rings (SSSR count). The van der Waals surface area contributed by atoms with Gasteiger partial charge in [-0.25, -0.2) is 4.68 Å². The molecule has 31 heavy (non-hydrogen) atoms. The molecule has 2 aromatic carbocycles. The molecule has 0 bridgehead atoms. The molecule has 0 fully saturated rings. The number of rotatable bonds is 5. The Morgan fingerprint density at radius 3 is 2.42 bits per heavy atom. The fourth-order valence-electron chi connectivity index (χ4n) is 3.72. The Bertz CT molecular complexity index is 1310. The zero-order valence-corrected chi connectivity index (χ0v) is 18.1. The van der Waals surface area contributed by atoms with Crippen molar-refractivity contribution in [2.75, 3.05) is 5.32 Å². The SMILES string of the molecule is Cc1cc(C)n(Cc2cccc(C(=O)Nc3c(C)n(C)n(-c4ccccc4)c3=O)c2)n1. The first-order chi connectivity index (χ1) is 14.8. The third kappa shape index (κ3) is 3.94. The number of para-hydroxylation sites is 1. The number of benzene rings is 2. The van der Waals surface area contributed by atoms with Crippen molar-refractivity contribution in [1.29, 1.82) is 0 Å². The smallest absolute Gasteiger partial charge is 0.295 e. The molecule has 158 valence electrons. The van der Waals surface area contributed by atoms with Gasteiger partial charge in [-0.3, -0.25) is 19.0 Å². The minimum atomic E-state index is -0.318. The van der Waals surface area contributed by atoms with E-state index in [9.17, 15) is 9.59 Å². The molecule has 4 aromatic rings. The van der Waals surface area contributed by atoms with Crippen LogP contribution in [-0.4, -0.2) is 25.1 Å². The predicted molar refractivity (Wildman–Crippen MR) is 121 cm³/mol. The summed E-state index contributed by atoms with van der Waals surface area (Å²) in [6, 6.07) is 18.8. The Morgan fingerprint density at radius 2 is 1.74 bits per heavy atom. The third-order valence-electron chi connectivity index (χ3n) is 5.42. The molecule has 2 aromatic heterocycles. The lowest BCUT2D eigenvalue weighted by Gasteiger charge is -2.08. The Balaban J connectivity index is 1.61. The summed E-state index contributed by atoms with van der Waals surface area (Å²) in [5.41, 5.74) is 4.91. The van der Waals surface area contributed by atoms with Gasteiger partial charge in [-0.15, -0.1) is 0 Å². The molecule has 0 aliphatic rings. The number of carbonyl (C=O) groups excluding carboxylic acids is 1. The normalized spacial score (nSPS) is 11.0. The minimum Gasteiger partial charge on any atom is -0.316 e. The van der Waals surface area contributed by atoms with Crippen LogP contribution in [0.2, 0.25) is 0 Å². The van der Waals surface area contributed by atoms with Gasteiger partial charge in [0.05, 0.1) is 23.6 Å². The number of aromatic nitrogens is 4. The van der Waals surface area contributed by atoms with Gasteiger partial charge in [0, 0.05) is 18.3 Å². The van der Waals surface area contributed by atoms with E-state index < -0.39 is 0 Å². The molecule has 0 saturated carbocycles. The Morgan fingerprint density at radius 1 is 1.00 bits per heavy atom. The highest BCUT2D eigenvalue weighted by Gasteiger charge is 2.19. The van der Waals surface area contributed by atoms with Crippen molar-refractivity contribution in [1.82, 2.24) is 19.1 Å². The van der Waals surface area contributed by atoms with Gasteiger partial charge in [0.1, 0.15) is 5.69 Å². The summed E-state index contributed by atoms with van der Waals surface area (Å²) in [7, 11) is 1.80. The second kappa shape index (κ2) is 8.10. The number of anilines is 1. The molecule has 7 heteroatoms. The molecule has 1 amide bonds. The van der Waals surface area contributed by atoms with Crippen LogP contribution < -0.4 is 10.9 Å². The van der Waals surface area contributed by atoms with Crippen molar-refractivity contribution >= 4 is 11.6 Å². The van der Waals surface area contributed by atoms with E-state index in [0.29, 0.717) is 17.8 Å². The number of carbonyl (C=O) groups is 1. The first-order valence-electron chi connectivity index (χ1n) is 10.1. The van der Waals surface area contributed by atoms with Crippen LogP contribution >= 0.6 is 0 Å². The summed E-state index contributed by atoms with van der Waals surface area (Å²) in [5, 5.41) is 7.30. The van der Waals surface area contributed by atoms with Crippen molar-refractivity contribution in [2.24, 2.45) is 7.05 Å². The molecule has 0 spiro atoms. The summed E-state index contributed by atoms with van der Waals surface area (Å²) in [4.78, 5) is 26.0. The van der Waals surface area contributed by atoms with Crippen LogP contribution in [0.1, 0.15) is 33.0 Å². The molecule has 2 heterocycles. The number of amides is 1. The Hall–Kier alpha value is -3.87. The maximum atomic E-state index is 13.0. The molecule has 0 radical (unpaired) electrons. The second-order valence-electron chi connectivity index (χ2n) is 7.68. The quantitative estimate of drug-likeness (QED) is 0.541. The van der Waals surface area contributed by atoms with E-state index in [1.54, 1.807) is 22.5 Å². The van der Waals surface area contributed by atoms with Gasteiger partial charge >= 0.3 is 0 Å². The zero-order valence-electron chi connectivity index (χ0n) is 18.1. The molecule has 7 nitrogen and oxygen atoms in total.